The molecule has 5 unspecified atom stereocenters. The summed E-state index contributed by atoms with van der Waals surface area (Å²) < 4.78 is 0. The molecule has 0 amide bonds. The van der Waals surface area contributed by atoms with E-state index in [0.717, 1.165) is 33.9 Å². The normalized spacial score (nSPS) is 26.4. The molecule has 2 bridgehead atoms. The van der Waals surface area contributed by atoms with Gasteiger partial charge in [0.15, 0.2) is 28.8 Å². The van der Waals surface area contributed by atoms with Crippen LogP contribution >= 0.6 is 0 Å². The van der Waals surface area contributed by atoms with Gasteiger partial charge in [0, 0.05) is 5.56 Å². The molecule has 0 spiro atoms. The number of Topliss-reactive ketones (excluding diaryl/α,β-unsaturated/α-hetero) is 3. The highest BCUT2D eigenvalue weighted by molar-refractivity contribution is 6.41. The number of ketones is 3. The van der Waals surface area contributed by atoms with Gasteiger partial charge in [0.05, 0.1) is 5.41 Å². The maximum Gasteiger partial charge on any atom is 0.184 e. The third-order valence-electron chi connectivity index (χ3n) is 11.0. The molecule has 0 radical (unpaired) electrons. The molecule has 266 valence electrons. The monoisotopic (exact) mass is 670 g/mol. The molecule has 0 aromatic heterocycles. The first-order valence-electron chi connectivity index (χ1n) is 17.5. The van der Waals surface area contributed by atoms with Crippen molar-refractivity contribution < 1.29 is 29.7 Å². The lowest BCUT2D eigenvalue weighted by Gasteiger charge is -2.62. The van der Waals surface area contributed by atoms with Crippen molar-refractivity contribution in [3.05, 3.63) is 88.1 Å². The van der Waals surface area contributed by atoms with E-state index in [4.69, 9.17) is 0 Å². The Hall–Kier alpha value is -3.93. The van der Waals surface area contributed by atoms with Crippen molar-refractivity contribution in [3.8, 4) is 11.5 Å². The Bertz CT molecular complexity index is 1650. The van der Waals surface area contributed by atoms with Crippen molar-refractivity contribution in [3.63, 3.8) is 0 Å². The second kappa shape index (κ2) is 15.3. The van der Waals surface area contributed by atoms with E-state index in [-0.39, 0.29) is 42.4 Å². The lowest BCUT2D eigenvalue weighted by Crippen LogP contribution is -2.70. The lowest BCUT2D eigenvalue weighted by molar-refractivity contribution is -0.180. The number of aliphatic hydroxyl groups is 1. The maximum atomic E-state index is 15.7. The molecule has 6 nitrogen and oxygen atoms in total. The van der Waals surface area contributed by atoms with Gasteiger partial charge in [-0.1, -0.05) is 65.7 Å². The van der Waals surface area contributed by atoms with Crippen LogP contribution in [0.15, 0.2) is 82.5 Å². The van der Waals surface area contributed by atoms with Crippen LogP contribution in [0.1, 0.15) is 120 Å². The zero-order chi connectivity index (χ0) is 37.1. The van der Waals surface area contributed by atoms with Crippen molar-refractivity contribution >= 4 is 23.1 Å². The number of aromatic hydroxyl groups is 2. The topological polar surface area (TPSA) is 112 Å². The highest BCUT2D eigenvalue weighted by Gasteiger charge is 2.74. The Balaban J connectivity index is 2.55. The molecule has 2 aliphatic rings. The highest BCUT2D eigenvalue weighted by Crippen LogP contribution is 2.67. The number of phenols is 2. The molecule has 3 N–H and O–H groups in total. The molecular weight excluding hydrogens is 612 g/mol. The molecule has 2 aliphatic carbocycles. The van der Waals surface area contributed by atoms with E-state index in [2.05, 4.69) is 24.8 Å². The number of benzene rings is 1. The fourth-order valence-corrected chi connectivity index (χ4v) is 8.00. The van der Waals surface area contributed by atoms with Gasteiger partial charge in [0.25, 0.3) is 0 Å². The number of phenolic OH excluding ortho intramolecular Hbond substituents is 2. The van der Waals surface area contributed by atoms with Crippen LogP contribution in [0.5, 0.6) is 11.5 Å². The van der Waals surface area contributed by atoms with Crippen LogP contribution < -0.4 is 0 Å². The highest BCUT2D eigenvalue weighted by atomic mass is 16.3. The molecule has 6 heteroatoms. The number of fused-ring (bicyclic) bond motifs is 2. The summed E-state index contributed by atoms with van der Waals surface area (Å²) >= 11 is 0. The van der Waals surface area contributed by atoms with Gasteiger partial charge in [-0.05, 0) is 143 Å². The van der Waals surface area contributed by atoms with Crippen LogP contribution in [0.2, 0.25) is 0 Å². The molecule has 5 atom stereocenters. The van der Waals surface area contributed by atoms with Crippen molar-refractivity contribution in [2.45, 2.75) is 114 Å². The average molecular weight is 671 g/mol. The minimum Gasteiger partial charge on any atom is -0.506 e. The van der Waals surface area contributed by atoms with E-state index in [0.29, 0.717) is 25.7 Å². The smallest absolute Gasteiger partial charge is 0.184 e. The van der Waals surface area contributed by atoms with Crippen molar-refractivity contribution in [1.29, 1.82) is 0 Å². The summed E-state index contributed by atoms with van der Waals surface area (Å²) in [6.07, 6.45) is 11.2. The van der Waals surface area contributed by atoms with E-state index in [1.807, 2.05) is 75.3 Å². The number of rotatable bonds is 13. The molecular formula is C43H58O6. The molecule has 49 heavy (non-hydrogen) atoms. The van der Waals surface area contributed by atoms with Crippen LogP contribution in [0.4, 0.5) is 0 Å². The molecule has 1 aromatic rings. The summed E-state index contributed by atoms with van der Waals surface area (Å²) in [5, 5.41) is 32.2. The van der Waals surface area contributed by atoms with Crippen LogP contribution in [-0.4, -0.2) is 32.7 Å². The van der Waals surface area contributed by atoms with E-state index in [1.54, 1.807) is 0 Å². The minimum atomic E-state index is -1.65. The lowest BCUT2D eigenvalue weighted by atomic mass is 9.37. The first kappa shape index (κ1) is 39.5. The quantitative estimate of drug-likeness (QED) is 0.0481. The van der Waals surface area contributed by atoms with Gasteiger partial charge in [-0.2, -0.15) is 0 Å². The third kappa shape index (κ3) is 7.64. The van der Waals surface area contributed by atoms with Crippen LogP contribution in [0, 0.1) is 28.1 Å². The van der Waals surface area contributed by atoms with Gasteiger partial charge in [-0.3, -0.25) is 14.4 Å². The van der Waals surface area contributed by atoms with Gasteiger partial charge in [0.1, 0.15) is 16.7 Å². The van der Waals surface area contributed by atoms with Gasteiger partial charge in [0.2, 0.25) is 0 Å². The van der Waals surface area contributed by atoms with Gasteiger partial charge < -0.3 is 15.3 Å². The zero-order valence-corrected chi connectivity index (χ0v) is 31.4. The summed E-state index contributed by atoms with van der Waals surface area (Å²) in [4.78, 5) is 46.2. The van der Waals surface area contributed by atoms with Gasteiger partial charge in [-0.25, -0.2) is 0 Å². The molecule has 1 aromatic carbocycles. The van der Waals surface area contributed by atoms with E-state index in [1.165, 1.54) is 12.1 Å². The predicted molar refractivity (Wildman–Crippen MR) is 199 cm³/mol. The number of hydrogen-bond acceptors (Lipinski definition) is 6. The Morgan fingerprint density at radius 1 is 0.857 bits per heavy atom. The fourth-order valence-electron chi connectivity index (χ4n) is 8.00. The standard InChI is InChI=1S/C43H58O6/c1-26(2)13-12-21-41(11)33(18-15-28(5)6)25-42(24-32(30(9)10)16-14-27(3)4)38(47)36(37(46)31-17-19-34(44)35(45)23-31)39(48)43(41,40(42)49)22-20-29(7)8/h13-15,17,19-20,23,32-33,44-46H,9,12,16,18,21-22,24-25H2,1-8,10-11H3. The number of carbonyl (C=O) groups excluding carboxylic acids is 3. The minimum absolute atomic E-state index is 0.0141. The molecule has 2 saturated carbocycles. The van der Waals surface area contributed by atoms with E-state index >= 15 is 14.4 Å². The van der Waals surface area contributed by atoms with Crippen molar-refractivity contribution in [2.24, 2.45) is 28.1 Å². The summed E-state index contributed by atoms with van der Waals surface area (Å²) in [6.45, 7) is 24.2. The van der Waals surface area contributed by atoms with Crippen LogP contribution in [-0.2, 0) is 14.4 Å². The Labute approximate surface area is 294 Å². The predicted octanol–water partition coefficient (Wildman–Crippen LogP) is 10.5. The first-order valence-corrected chi connectivity index (χ1v) is 17.5. The largest absolute Gasteiger partial charge is 0.506 e. The second-order valence-corrected chi connectivity index (χ2v) is 15.8. The van der Waals surface area contributed by atoms with Gasteiger partial charge >= 0.3 is 0 Å². The Kier molecular flexibility index (Phi) is 12.3. The number of aliphatic hydroxyl groups excluding tert-OH is 1. The number of allylic oxidation sites excluding steroid dienone is 10. The molecule has 0 saturated heterocycles. The first-order chi connectivity index (χ1) is 22.7. The molecule has 0 aliphatic heterocycles. The Morgan fingerprint density at radius 3 is 1.98 bits per heavy atom. The van der Waals surface area contributed by atoms with Crippen molar-refractivity contribution in [1.82, 2.24) is 0 Å². The Morgan fingerprint density at radius 2 is 1.45 bits per heavy atom. The molecule has 0 heterocycles. The maximum absolute atomic E-state index is 15.7. The third-order valence-corrected chi connectivity index (χ3v) is 11.0. The fraction of sp³-hybridized carbons (Fsp3) is 0.512. The summed E-state index contributed by atoms with van der Waals surface area (Å²) in [5.74, 6) is -3.59. The van der Waals surface area contributed by atoms with Crippen LogP contribution in [0.25, 0.3) is 5.76 Å². The van der Waals surface area contributed by atoms with Crippen molar-refractivity contribution in [2.75, 3.05) is 0 Å². The molecule has 3 rings (SSSR count). The second-order valence-electron chi connectivity index (χ2n) is 15.8. The summed E-state index contributed by atoms with van der Waals surface area (Å²) in [7, 11) is 0. The summed E-state index contributed by atoms with van der Waals surface area (Å²) in [5.41, 5.74) is 0.643. The average Bonchev–Trinajstić information content (AvgIpc) is 3.00. The van der Waals surface area contributed by atoms with E-state index < -0.39 is 50.6 Å². The molecule has 2 fully saturated rings. The van der Waals surface area contributed by atoms with Crippen LogP contribution in [0.3, 0.4) is 0 Å². The SMILES string of the molecule is C=C(C)C(CC=C(C)C)CC12CC(CC=C(C)C)C(C)(CCC=C(C)C)C(CC=C(C)C)(C(=O)C(=C(O)c3ccc(O)c(O)c3)C1=O)C2=O. The van der Waals surface area contributed by atoms with E-state index in [9.17, 15) is 15.3 Å². The zero-order valence-electron chi connectivity index (χ0n) is 31.4. The number of hydrogen-bond donors (Lipinski definition) is 3. The van der Waals surface area contributed by atoms with Gasteiger partial charge in [-0.15, -0.1) is 0 Å². The number of carbonyl (C=O) groups is 3. The summed E-state index contributed by atoms with van der Waals surface area (Å²) in [6, 6.07) is 3.70.